The average molecular weight is 450 g/mol. The molecule has 0 atom stereocenters. The van der Waals surface area contributed by atoms with Gasteiger partial charge < -0.3 is 4.57 Å². The van der Waals surface area contributed by atoms with Gasteiger partial charge in [-0.2, -0.15) is 0 Å². The molecule has 0 saturated carbocycles. The third-order valence-electron chi connectivity index (χ3n) is 5.94. The van der Waals surface area contributed by atoms with Crippen molar-refractivity contribution in [3.05, 3.63) is 90.0 Å². The molecule has 5 aromatic rings. The van der Waals surface area contributed by atoms with Gasteiger partial charge in [0.25, 0.3) is 0 Å². The second-order valence-electron chi connectivity index (χ2n) is 8.48. The van der Waals surface area contributed by atoms with Crippen LogP contribution in [0.3, 0.4) is 0 Å². The minimum Gasteiger partial charge on any atom is -0.330 e. The smallest absolute Gasteiger partial charge is 0.180 e. The standard InChI is InChI=1S/C27H27N7/c1-3-4-9-26-29-25(24-16-19(2)14-15-28-24)18-34(26)17-20-10-12-21(13-11-20)22-7-5-6-8-23(22)27-30-32-33-31-27/h5-8,10-16,18H,3-4,9,17H2,1-2H3,(H,30,31,32,33). The van der Waals surface area contributed by atoms with Gasteiger partial charge in [0, 0.05) is 30.9 Å². The van der Waals surface area contributed by atoms with Gasteiger partial charge in [-0.25, -0.2) is 10.1 Å². The Morgan fingerprint density at radius 2 is 1.76 bits per heavy atom. The molecule has 7 heteroatoms. The summed E-state index contributed by atoms with van der Waals surface area (Å²) in [5.41, 5.74) is 7.45. The second-order valence-corrected chi connectivity index (χ2v) is 8.48. The van der Waals surface area contributed by atoms with Crippen LogP contribution in [-0.4, -0.2) is 35.2 Å². The van der Waals surface area contributed by atoms with Gasteiger partial charge in [0.2, 0.25) is 0 Å². The number of H-pyrrole nitrogens is 1. The number of aryl methyl sites for hydroxylation is 2. The predicted octanol–water partition coefficient (Wildman–Crippen LogP) is 5.49. The van der Waals surface area contributed by atoms with E-state index >= 15 is 0 Å². The number of benzene rings is 2. The maximum Gasteiger partial charge on any atom is 0.180 e. The van der Waals surface area contributed by atoms with Crippen LogP contribution in [0.5, 0.6) is 0 Å². The van der Waals surface area contributed by atoms with Crippen molar-refractivity contribution in [1.82, 2.24) is 35.2 Å². The molecule has 2 aromatic carbocycles. The third-order valence-corrected chi connectivity index (χ3v) is 5.94. The lowest BCUT2D eigenvalue weighted by Crippen LogP contribution is -2.04. The zero-order valence-corrected chi connectivity index (χ0v) is 19.4. The molecule has 7 nitrogen and oxygen atoms in total. The molecule has 3 aromatic heterocycles. The van der Waals surface area contributed by atoms with Crippen molar-refractivity contribution in [2.75, 3.05) is 0 Å². The molecule has 0 amide bonds. The Hall–Kier alpha value is -4.13. The van der Waals surface area contributed by atoms with E-state index in [1.54, 1.807) is 0 Å². The number of nitrogens with one attached hydrogen (secondary N) is 1. The fraction of sp³-hybridized carbons (Fsp3) is 0.222. The number of aromatic nitrogens is 7. The van der Waals surface area contributed by atoms with Crippen molar-refractivity contribution in [3.63, 3.8) is 0 Å². The lowest BCUT2D eigenvalue weighted by Gasteiger charge is -2.10. The second kappa shape index (κ2) is 9.79. The number of rotatable bonds is 8. The van der Waals surface area contributed by atoms with Crippen molar-refractivity contribution >= 4 is 0 Å². The summed E-state index contributed by atoms with van der Waals surface area (Å²) < 4.78 is 2.26. The van der Waals surface area contributed by atoms with Crippen LogP contribution in [0.15, 0.2) is 73.1 Å². The van der Waals surface area contributed by atoms with E-state index in [2.05, 4.69) is 86.6 Å². The van der Waals surface area contributed by atoms with Crippen LogP contribution in [0.25, 0.3) is 33.9 Å². The van der Waals surface area contributed by atoms with Gasteiger partial charge >= 0.3 is 0 Å². The quantitative estimate of drug-likeness (QED) is 0.338. The maximum atomic E-state index is 4.94. The van der Waals surface area contributed by atoms with Crippen LogP contribution in [0.4, 0.5) is 0 Å². The SMILES string of the molecule is CCCCc1nc(-c2cc(C)ccn2)cn1Cc1ccc(-c2ccccc2-c2nnn[nH]2)cc1. The van der Waals surface area contributed by atoms with E-state index in [0.29, 0.717) is 5.82 Å². The van der Waals surface area contributed by atoms with E-state index in [1.165, 1.54) is 11.1 Å². The highest BCUT2D eigenvalue weighted by molar-refractivity contribution is 5.80. The highest BCUT2D eigenvalue weighted by Gasteiger charge is 2.13. The summed E-state index contributed by atoms with van der Waals surface area (Å²) in [6.45, 7) is 5.06. The Labute approximate surface area is 198 Å². The van der Waals surface area contributed by atoms with E-state index in [4.69, 9.17) is 4.98 Å². The molecule has 0 saturated heterocycles. The van der Waals surface area contributed by atoms with Gasteiger partial charge in [0.05, 0.1) is 5.69 Å². The van der Waals surface area contributed by atoms with Crippen molar-refractivity contribution in [1.29, 1.82) is 0 Å². The number of hydrogen-bond acceptors (Lipinski definition) is 5. The number of nitrogens with zero attached hydrogens (tertiary/aromatic N) is 6. The molecule has 1 N–H and O–H groups in total. The first-order chi connectivity index (χ1) is 16.7. The van der Waals surface area contributed by atoms with Gasteiger partial charge in [-0.3, -0.25) is 4.98 Å². The lowest BCUT2D eigenvalue weighted by molar-refractivity contribution is 0.678. The number of hydrogen-bond donors (Lipinski definition) is 1. The van der Waals surface area contributed by atoms with Crippen LogP contribution < -0.4 is 0 Å². The summed E-state index contributed by atoms with van der Waals surface area (Å²) in [7, 11) is 0. The molecule has 0 aliphatic carbocycles. The lowest BCUT2D eigenvalue weighted by atomic mass is 9.98. The summed E-state index contributed by atoms with van der Waals surface area (Å²) in [5.74, 6) is 1.77. The third kappa shape index (κ3) is 4.64. The monoisotopic (exact) mass is 449 g/mol. The molecular weight excluding hydrogens is 422 g/mol. The van der Waals surface area contributed by atoms with Gasteiger partial charge in [-0.15, -0.1) is 5.10 Å². The zero-order chi connectivity index (χ0) is 23.3. The molecule has 0 fully saturated rings. The van der Waals surface area contributed by atoms with Crippen molar-refractivity contribution in [2.24, 2.45) is 0 Å². The highest BCUT2D eigenvalue weighted by atomic mass is 15.5. The number of pyridine rings is 1. The van der Waals surface area contributed by atoms with E-state index in [1.807, 2.05) is 30.5 Å². The molecular formula is C27H27N7. The molecule has 0 unspecified atom stereocenters. The fourth-order valence-corrected chi connectivity index (χ4v) is 4.13. The Balaban J connectivity index is 1.42. The molecule has 0 spiro atoms. The number of aromatic amines is 1. The molecule has 3 heterocycles. The number of unbranched alkanes of at least 4 members (excludes halogenated alkanes) is 1. The summed E-state index contributed by atoms with van der Waals surface area (Å²) in [6, 6.07) is 20.9. The number of imidazole rings is 1. The Kier molecular flexibility index (Phi) is 6.25. The van der Waals surface area contributed by atoms with Crippen molar-refractivity contribution in [3.8, 4) is 33.9 Å². The van der Waals surface area contributed by atoms with Crippen LogP contribution in [0.1, 0.15) is 36.7 Å². The maximum absolute atomic E-state index is 4.94. The Morgan fingerprint density at radius 1 is 0.941 bits per heavy atom. The van der Waals surface area contributed by atoms with Crippen LogP contribution in [0.2, 0.25) is 0 Å². The Bertz CT molecular complexity index is 1370. The average Bonchev–Trinajstić information content (AvgIpc) is 3.54. The minimum absolute atomic E-state index is 0.663. The summed E-state index contributed by atoms with van der Waals surface area (Å²) >= 11 is 0. The molecule has 34 heavy (non-hydrogen) atoms. The number of tetrazole rings is 1. The van der Waals surface area contributed by atoms with Crippen LogP contribution in [0, 0.1) is 6.92 Å². The van der Waals surface area contributed by atoms with Gasteiger partial charge in [0.1, 0.15) is 11.5 Å². The topological polar surface area (TPSA) is 85.2 Å². The van der Waals surface area contributed by atoms with E-state index in [0.717, 1.165) is 59.7 Å². The Morgan fingerprint density at radius 3 is 2.50 bits per heavy atom. The van der Waals surface area contributed by atoms with Gasteiger partial charge in [-0.1, -0.05) is 61.9 Å². The van der Waals surface area contributed by atoms with Gasteiger partial charge in [-0.05, 0) is 58.2 Å². The minimum atomic E-state index is 0.663. The first-order valence-electron chi connectivity index (χ1n) is 11.6. The van der Waals surface area contributed by atoms with E-state index in [9.17, 15) is 0 Å². The molecule has 0 aliphatic rings. The molecule has 0 aliphatic heterocycles. The zero-order valence-electron chi connectivity index (χ0n) is 19.4. The van der Waals surface area contributed by atoms with Crippen molar-refractivity contribution in [2.45, 2.75) is 39.7 Å². The normalized spacial score (nSPS) is 11.1. The van der Waals surface area contributed by atoms with Gasteiger partial charge in [0.15, 0.2) is 5.82 Å². The largest absolute Gasteiger partial charge is 0.330 e. The van der Waals surface area contributed by atoms with Crippen LogP contribution in [-0.2, 0) is 13.0 Å². The van der Waals surface area contributed by atoms with Crippen molar-refractivity contribution < 1.29 is 0 Å². The van der Waals surface area contributed by atoms with Crippen LogP contribution >= 0.6 is 0 Å². The van der Waals surface area contributed by atoms with E-state index in [-0.39, 0.29) is 0 Å². The fourth-order valence-electron chi connectivity index (χ4n) is 4.13. The molecule has 0 radical (unpaired) electrons. The predicted molar refractivity (Wildman–Crippen MR) is 133 cm³/mol. The highest BCUT2D eigenvalue weighted by Crippen LogP contribution is 2.30. The first-order valence-corrected chi connectivity index (χ1v) is 11.6. The molecule has 170 valence electrons. The first kappa shape index (κ1) is 21.7. The summed E-state index contributed by atoms with van der Waals surface area (Å²) in [5, 5.41) is 14.4. The molecule has 0 bridgehead atoms. The molecule has 5 rings (SSSR count). The summed E-state index contributed by atoms with van der Waals surface area (Å²) in [4.78, 5) is 9.47. The summed E-state index contributed by atoms with van der Waals surface area (Å²) in [6.07, 6.45) is 7.19. The van der Waals surface area contributed by atoms with E-state index < -0.39 is 0 Å².